The lowest BCUT2D eigenvalue weighted by Crippen LogP contribution is -2.15. The number of nitrogens with two attached hydrogens (primary N) is 1. The Hall–Kier alpha value is -1.06. The van der Waals surface area contributed by atoms with Crippen LogP contribution in [0.2, 0.25) is 0 Å². The zero-order chi connectivity index (χ0) is 8.84. The van der Waals surface area contributed by atoms with Crippen molar-refractivity contribution in [2.75, 3.05) is 5.73 Å². The molecule has 1 aromatic heterocycles. The van der Waals surface area contributed by atoms with Crippen molar-refractivity contribution in [2.45, 2.75) is 44.1 Å². The smallest absolute Gasteiger partial charge is 0.169 e. The lowest BCUT2D eigenvalue weighted by molar-refractivity contribution is 0.389. The van der Waals surface area contributed by atoms with Crippen molar-refractivity contribution in [3.8, 4) is 0 Å². The third-order valence-electron chi connectivity index (χ3n) is 3.14. The molecule has 0 saturated heterocycles. The van der Waals surface area contributed by atoms with E-state index in [2.05, 4.69) is 15.0 Å². The highest BCUT2D eigenvalue weighted by Crippen LogP contribution is 2.43. The summed E-state index contributed by atoms with van der Waals surface area (Å²) in [7, 11) is 0. The summed E-state index contributed by atoms with van der Waals surface area (Å²) in [6.45, 7) is 0. The first-order valence-corrected chi connectivity index (χ1v) is 5.07. The molecule has 1 heterocycles. The van der Waals surface area contributed by atoms with Gasteiger partial charge >= 0.3 is 0 Å². The monoisotopic (exact) mass is 178 g/mol. The van der Waals surface area contributed by atoms with E-state index in [9.17, 15) is 0 Å². The second-order valence-electron chi connectivity index (χ2n) is 4.16. The molecular formula is C9H14N4. The van der Waals surface area contributed by atoms with Crippen LogP contribution < -0.4 is 5.73 Å². The summed E-state index contributed by atoms with van der Waals surface area (Å²) in [5.41, 5.74) is 7.04. The molecule has 0 unspecified atom stereocenters. The van der Waals surface area contributed by atoms with Crippen LogP contribution in [0.1, 0.15) is 49.8 Å². The molecule has 4 heteroatoms. The minimum absolute atomic E-state index is 0.611. The molecular weight excluding hydrogens is 164 g/mol. The summed E-state index contributed by atoms with van der Waals surface area (Å²) in [4.78, 5) is 0. The van der Waals surface area contributed by atoms with Crippen LogP contribution in [0, 0.1) is 0 Å². The Morgan fingerprint density at radius 1 is 1.23 bits per heavy atom. The molecule has 4 nitrogen and oxygen atoms in total. The number of nitrogens with zero attached hydrogens (tertiary/aromatic N) is 3. The van der Waals surface area contributed by atoms with E-state index < -0.39 is 0 Å². The van der Waals surface area contributed by atoms with Crippen LogP contribution in [0.4, 0.5) is 5.82 Å². The SMILES string of the molecule is Nc1nnn(C2CC2)c1C1CCC1. The Bertz CT molecular complexity index is 322. The average Bonchev–Trinajstić information content (AvgIpc) is 2.78. The van der Waals surface area contributed by atoms with Gasteiger partial charge < -0.3 is 5.73 Å². The highest BCUT2D eigenvalue weighted by Gasteiger charge is 2.33. The molecule has 0 radical (unpaired) electrons. The van der Waals surface area contributed by atoms with Crippen LogP contribution in [-0.4, -0.2) is 15.0 Å². The van der Waals surface area contributed by atoms with Crippen molar-refractivity contribution in [3.05, 3.63) is 5.69 Å². The Labute approximate surface area is 77.1 Å². The van der Waals surface area contributed by atoms with Gasteiger partial charge in [-0.05, 0) is 25.7 Å². The van der Waals surface area contributed by atoms with E-state index in [1.54, 1.807) is 0 Å². The zero-order valence-corrected chi connectivity index (χ0v) is 7.61. The van der Waals surface area contributed by atoms with Crippen LogP contribution in [-0.2, 0) is 0 Å². The van der Waals surface area contributed by atoms with Gasteiger partial charge in [0.25, 0.3) is 0 Å². The maximum absolute atomic E-state index is 5.82. The molecule has 70 valence electrons. The largest absolute Gasteiger partial charge is 0.381 e. The van der Waals surface area contributed by atoms with E-state index in [4.69, 9.17) is 5.73 Å². The Morgan fingerprint density at radius 3 is 2.54 bits per heavy atom. The lowest BCUT2D eigenvalue weighted by Gasteiger charge is -2.25. The van der Waals surface area contributed by atoms with Crippen LogP contribution in [0.25, 0.3) is 0 Å². The van der Waals surface area contributed by atoms with E-state index in [-0.39, 0.29) is 0 Å². The van der Waals surface area contributed by atoms with Gasteiger partial charge in [0, 0.05) is 5.92 Å². The maximum atomic E-state index is 5.82. The standard InChI is InChI=1S/C9H14N4/c10-9-8(6-2-1-3-6)13(12-11-9)7-4-5-7/h6-7H,1-5,10H2. The van der Waals surface area contributed by atoms with Gasteiger partial charge in [-0.2, -0.15) is 0 Å². The van der Waals surface area contributed by atoms with Crippen LogP contribution in [0.3, 0.4) is 0 Å². The lowest BCUT2D eigenvalue weighted by atomic mass is 9.82. The summed E-state index contributed by atoms with van der Waals surface area (Å²) in [6.07, 6.45) is 6.37. The first kappa shape index (κ1) is 7.35. The van der Waals surface area contributed by atoms with Crippen molar-refractivity contribution < 1.29 is 0 Å². The molecule has 0 atom stereocenters. The topological polar surface area (TPSA) is 56.7 Å². The first-order chi connectivity index (χ1) is 6.36. The van der Waals surface area contributed by atoms with Crippen LogP contribution in [0.15, 0.2) is 0 Å². The molecule has 2 aliphatic rings. The van der Waals surface area contributed by atoms with E-state index in [1.165, 1.54) is 37.8 Å². The highest BCUT2D eigenvalue weighted by molar-refractivity contribution is 5.37. The van der Waals surface area contributed by atoms with Crippen molar-refractivity contribution in [1.29, 1.82) is 0 Å². The molecule has 0 aromatic carbocycles. The van der Waals surface area contributed by atoms with Gasteiger partial charge in [-0.1, -0.05) is 11.6 Å². The first-order valence-electron chi connectivity index (χ1n) is 5.07. The zero-order valence-electron chi connectivity index (χ0n) is 7.61. The third-order valence-corrected chi connectivity index (χ3v) is 3.14. The number of anilines is 1. The molecule has 0 amide bonds. The Kier molecular flexibility index (Phi) is 1.39. The van der Waals surface area contributed by atoms with Crippen LogP contribution >= 0.6 is 0 Å². The molecule has 1 aromatic rings. The van der Waals surface area contributed by atoms with E-state index in [0.29, 0.717) is 17.8 Å². The Morgan fingerprint density at radius 2 is 2.00 bits per heavy atom. The maximum Gasteiger partial charge on any atom is 0.169 e. The molecule has 2 fully saturated rings. The molecule has 13 heavy (non-hydrogen) atoms. The molecule has 3 rings (SSSR count). The van der Waals surface area contributed by atoms with Gasteiger partial charge in [0.1, 0.15) is 0 Å². The van der Waals surface area contributed by atoms with Crippen molar-refractivity contribution >= 4 is 5.82 Å². The van der Waals surface area contributed by atoms with E-state index in [0.717, 1.165) is 0 Å². The number of aromatic nitrogens is 3. The summed E-state index contributed by atoms with van der Waals surface area (Å²) in [5, 5.41) is 8.09. The Balaban J connectivity index is 1.98. The van der Waals surface area contributed by atoms with Gasteiger partial charge in [-0.3, -0.25) is 0 Å². The minimum atomic E-state index is 0.611. The molecule has 2 saturated carbocycles. The van der Waals surface area contributed by atoms with E-state index >= 15 is 0 Å². The van der Waals surface area contributed by atoms with Crippen LogP contribution in [0.5, 0.6) is 0 Å². The number of hydrogen-bond donors (Lipinski definition) is 1. The summed E-state index contributed by atoms with van der Waals surface area (Å²) in [6, 6.07) is 0.611. The fourth-order valence-corrected chi connectivity index (χ4v) is 1.98. The van der Waals surface area contributed by atoms with Gasteiger partial charge in [0.05, 0.1) is 11.7 Å². The quantitative estimate of drug-likeness (QED) is 0.746. The number of hydrogen-bond acceptors (Lipinski definition) is 3. The third kappa shape index (κ3) is 1.04. The minimum Gasteiger partial charge on any atom is -0.381 e. The molecule has 2 N–H and O–H groups in total. The van der Waals surface area contributed by atoms with Gasteiger partial charge in [0.15, 0.2) is 5.82 Å². The molecule has 0 spiro atoms. The number of rotatable bonds is 2. The second-order valence-corrected chi connectivity index (χ2v) is 4.16. The molecule has 2 aliphatic carbocycles. The summed E-state index contributed by atoms with van der Waals surface area (Å²) in [5.74, 6) is 1.31. The average molecular weight is 178 g/mol. The summed E-state index contributed by atoms with van der Waals surface area (Å²) >= 11 is 0. The fourth-order valence-electron chi connectivity index (χ4n) is 1.98. The van der Waals surface area contributed by atoms with Gasteiger partial charge in [-0.15, -0.1) is 5.10 Å². The van der Waals surface area contributed by atoms with Crippen molar-refractivity contribution in [2.24, 2.45) is 0 Å². The van der Waals surface area contributed by atoms with Gasteiger partial charge in [-0.25, -0.2) is 4.68 Å². The molecule has 0 aliphatic heterocycles. The normalized spacial score (nSPS) is 23.1. The predicted molar refractivity (Wildman–Crippen MR) is 49.3 cm³/mol. The highest BCUT2D eigenvalue weighted by atomic mass is 15.5. The van der Waals surface area contributed by atoms with Crippen molar-refractivity contribution in [1.82, 2.24) is 15.0 Å². The van der Waals surface area contributed by atoms with Gasteiger partial charge in [0.2, 0.25) is 0 Å². The second kappa shape index (κ2) is 2.47. The molecule has 0 bridgehead atoms. The number of nitrogen functional groups attached to an aromatic ring is 1. The fraction of sp³-hybridized carbons (Fsp3) is 0.778. The van der Waals surface area contributed by atoms with Crippen molar-refractivity contribution in [3.63, 3.8) is 0 Å². The van der Waals surface area contributed by atoms with E-state index in [1.807, 2.05) is 0 Å². The predicted octanol–water partition coefficient (Wildman–Crippen LogP) is 1.46. The summed E-state index contributed by atoms with van der Waals surface area (Å²) < 4.78 is 2.07.